The number of nitrogens with one attached hydrogen (secondary N) is 1. The van der Waals surface area contributed by atoms with Crippen molar-refractivity contribution in [3.05, 3.63) is 11.6 Å². The third-order valence-corrected chi connectivity index (χ3v) is 4.20. The van der Waals surface area contributed by atoms with Gasteiger partial charge in [-0.1, -0.05) is 33.8 Å². The molecule has 1 amide bonds. The van der Waals surface area contributed by atoms with Crippen molar-refractivity contribution >= 4 is 12.1 Å². The standard InChI is InChI=1S/C21H40N2O4/c1-11-26-19(24)16(6)12-18(15(4)5)23(10)13-17(14(2)3)22-20(25)27-21(7,8)9/h12,14-15,17-18H,11,13H2,1-10H3,(H,22,25)/b16-12+. The van der Waals surface area contributed by atoms with Gasteiger partial charge in [0.1, 0.15) is 5.60 Å². The third-order valence-electron chi connectivity index (χ3n) is 4.20. The van der Waals surface area contributed by atoms with Crippen molar-refractivity contribution < 1.29 is 19.1 Å². The summed E-state index contributed by atoms with van der Waals surface area (Å²) in [4.78, 5) is 26.3. The highest BCUT2D eigenvalue weighted by molar-refractivity contribution is 5.87. The fourth-order valence-electron chi connectivity index (χ4n) is 2.71. The predicted octanol–water partition coefficient (Wildman–Crippen LogP) is 4.00. The molecule has 0 bridgehead atoms. The number of hydrogen-bond donors (Lipinski definition) is 1. The Morgan fingerprint density at radius 3 is 2.07 bits per heavy atom. The number of nitrogens with zero attached hydrogens (tertiary/aromatic N) is 1. The van der Waals surface area contributed by atoms with Gasteiger partial charge in [0.25, 0.3) is 0 Å². The van der Waals surface area contributed by atoms with Crippen molar-refractivity contribution in [1.82, 2.24) is 10.2 Å². The maximum absolute atomic E-state index is 12.2. The molecule has 27 heavy (non-hydrogen) atoms. The van der Waals surface area contributed by atoms with Gasteiger partial charge in [-0.05, 0) is 53.5 Å². The van der Waals surface area contributed by atoms with E-state index in [0.29, 0.717) is 24.6 Å². The first kappa shape index (κ1) is 25.4. The molecule has 0 aromatic rings. The molecule has 0 aromatic heterocycles. The van der Waals surface area contributed by atoms with Crippen molar-refractivity contribution in [3.63, 3.8) is 0 Å². The Kier molecular flexibility index (Phi) is 10.7. The van der Waals surface area contributed by atoms with Crippen LogP contribution in [0.3, 0.4) is 0 Å². The molecule has 6 heteroatoms. The quantitative estimate of drug-likeness (QED) is 0.481. The Morgan fingerprint density at radius 2 is 1.67 bits per heavy atom. The molecule has 0 saturated heterocycles. The molecule has 0 rings (SSSR count). The molecule has 158 valence electrons. The van der Waals surface area contributed by atoms with Gasteiger partial charge >= 0.3 is 12.1 Å². The van der Waals surface area contributed by atoms with E-state index in [4.69, 9.17) is 9.47 Å². The monoisotopic (exact) mass is 384 g/mol. The minimum atomic E-state index is -0.530. The fraction of sp³-hybridized carbons (Fsp3) is 0.810. The molecular weight excluding hydrogens is 344 g/mol. The maximum Gasteiger partial charge on any atom is 0.407 e. The lowest BCUT2D eigenvalue weighted by Gasteiger charge is -2.34. The van der Waals surface area contributed by atoms with Gasteiger partial charge in [0.15, 0.2) is 0 Å². The van der Waals surface area contributed by atoms with Gasteiger partial charge in [-0.25, -0.2) is 9.59 Å². The van der Waals surface area contributed by atoms with Gasteiger partial charge in [0, 0.05) is 24.2 Å². The number of rotatable bonds is 9. The zero-order valence-corrected chi connectivity index (χ0v) is 18.9. The zero-order valence-electron chi connectivity index (χ0n) is 18.9. The summed E-state index contributed by atoms with van der Waals surface area (Å²) >= 11 is 0. The van der Waals surface area contributed by atoms with E-state index in [1.165, 1.54) is 0 Å². The van der Waals surface area contributed by atoms with Gasteiger partial charge in [-0.15, -0.1) is 0 Å². The molecule has 6 nitrogen and oxygen atoms in total. The van der Waals surface area contributed by atoms with E-state index >= 15 is 0 Å². The minimum Gasteiger partial charge on any atom is -0.463 e. The van der Waals surface area contributed by atoms with E-state index in [0.717, 1.165) is 0 Å². The summed E-state index contributed by atoms with van der Waals surface area (Å²) in [5.74, 6) is 0.250. The van der Waals surface area contributed by atoms with Gasteiger partial charge < -0.3 is 14.8 Å². The summed E-state index contributed by atoms with van der Waals surface area (Å²) in [6.45, 7) is 18.5. The summed E-state index contributed by atoms with van der Waals surface area (Å²) in [6.07, 6.45) is 1.54. The lowest BCUT2D eigenvalue weighted by Crippen LogP contribution is -2.50. The van der Waals surface area contributed by atoms with E-state index in [1.54, 1.807) is 13.8 Å². The number of likely N-dealkylation sites (N-methyl/N-ethyl adjacent to an activating group) is 1. The molecule has 1 N–H and O–H groups in total. The molecule has 0 aromatic carbocycles. The topological polar surface area (TPSA) is 67.9 Å². The molecule has 2 unspecified atom stereocenters. The molecule has 0 heterocycles. The second kappa shape index (κ2) is 11.3. The highest BCUT2D eigenvalue weighted by atomic mass is 16.6. The van der Waals surface area contributed by atoms with Crippen molar-refractivity contribution in [3.8, 4) is 0 Å². The summed E-state index contributed by atoms with van der Waals surface area (Å²) in [5, 5.41) is 2.98. The molecule has 0 saturated carbocycles. The minimum absolute atomic E-state index is 0.0519. The Labute approximate surface area is 165 Å². The molecule has 0 fully saturated rings. The largest absolute Gasteiger partial charge is 0.463 e. The first-order valence-corrected chi connectivity index (χ1v) is 9.83. The average Bonchev–Trinajstić information content (AvgIpc) is 2.49. The third kappa shape index (κ3) is 10.4. The van der Waals surface area contributed by atoms with Crippen LogP contribution in [0.2, 0.25) is 0 Å². The summed E-state index contributed by atoms with van der Waals surface area (Å²) in [5.41, 5.74) is 0.0703. The molecule has 0 aliphatic rings. The molecule has 2 atom stereocenters. The fourth-order valence-corrected chi connectivity index (χ4v) is 2.71. The van der Waals surface area contributed by atoms with E-state index < -0.39 is 11.7 Å². The second-order valence-corrected chi connectivity index (χ2v) is 8.74. The first-order chi connectivity index (χ1) is 12.3. The number of ether oxygens (including phenoxy) is 2. The Balaban J connectivity index is 5.20. The maximum atomic E-state index is 12.2. The van der Waals surface area contributed by atoms with Crippen LogP contribution in [0.1, 0.15) is 62.3 Å². The summed E-state index contributed by atoms with van der Waals surface area (Å²) in [7, 11) is 2.01. The van der Waals surface area contributed by atoms with Crippen LogP contribution in [0, 0.1) is 11.8 Å². The zero-order chi connectivity index (χ0) is 21.4. The number of esters is 1. The van der Waals surface area contributed by atoms with Crippen molar-refractivity contribution in [1.29, 1.82) is 0 Å². The highest BCUT2D eigenvalue weighted by Crippen LogP contribution is 2.16. The lowest BCUT2D eigenvalue weighted by atomic mass is 9.97. The van der Waals surface area contributed by atoms with Crippen LogP contribution < -0.4 is 5.32 Å². The molecule has 0 spiro atoms. The van der Waals surface area contributed by atoms with Crippen molar-refractivity contribution in [2.24, 2.45) is 11.8 Å². The molecule has 0 aliphatic carbocycles. The molecular formula is C21H40N2O4. The van der Waals surface area contributed by atoms with Crippen molar-refractivity contribution in [2.75, 3.05) is 20.2 Å². The second-order valence-electron chi connectivity index (χ2n) is 8.74. The van der Waals surface area contributed by atoms with Gasteiger partial charge in [0.2, 0.25) is 0 Å². The van der Waals surface area contributed by atoms with E-state index in [1.807, 2.05) is 33.9 Å². The van der Waals surface area contributed by atoms with Crippen LogP contribution in [0.4, 0.5) is 4.79 Å². The number of alkyl carbamates (subject to hydrolysis) is 1. The predicted molar refractivity (Wildman–Crippen MR) is 110 cm³/mol. The lowest BCUT2D eigenvalue weighted by molar-refractivity contribution is -0.138. The van der Waals surface area contributed by atoms with Gasteiger partial charge in [-0.2, -0.15) is 0 Å². The van der Waals surface area contributed by atoms with Crippen LogP contribution in [0.15, 0.2) is 11.6 Å². The first-order valence-electron chi connectivity index (χ1n) is 9.83. The Hall–Kier alpha value is -1.56. The molecule has 0 radical (unpaired) electrons. The number of carbonyl (C=O) groups excluding carboxylic acids is 2. The summed E-state index contributed by atoms with van der Waals surface area (Å²) in [6, 6.07) is -0.0153. The van der Waals surface area contributed by atoms with Crippen LogP contribution in [0.5, 0.6) is 0 Å². The number of carbonyl (C=O) groups is 2. The number of hydrogen-bond acceptors (Lipinski definition) is 5. The van der Waals surface area contributed by atoms with E-state index in [9.17, 15) is 9.59 Å². The highest BCUT2D eigenvalue weighted by Gasteiger charge is 2.26. The van der Waals surface area contributed by atoms with E-state index in [2.05, 4.69) is 37.9 Å². The normalized spacial score (nSPS) is 15.1. The van der Waals surface area contributed by atoms with Crippen LogP contribution >= 0.6 is 0 Å². The smallest absolute Gasteiger partial charge is 0.407 e. The van der Waals surface area contributed by atoms with Crippen LogP contribution in [-0.4, -0.2) is 54.8 Å². The van der Waals surface area contributed by atoms with Crippen LogP contribution in [-0.2, 0) is 14.3 Å². The van der Waals surface area contributed by atoms with Crippen LogP contribution in [0.25, 0.3) is 0 Å². The molecule has 0 aliphatic heterocycles. The number of amides is 1. The van der Waals surface area contributed by atoms with Gasteiger partial charge in [0.05, 0.1) is 6.61 Å². The Bertz CT molecular complexity index is 507. The van der Waals surface area contributed by atoms with E-state index in [-0.39, 0.29) is 24.0 Å². The SMILES string of the molecule is CCOC(=O)/C(C)=C/C(C(C)C)N(C)CC(NC(=O)OC(C)(C)C)C(C)C. The summed E-state index contributed by atoms with van der Waals surface area (Å²) < 4.78 is 10.5. The van der Waals surface area contributed by atoms with Gasteiger partial charge in [-0.3, -0.25) is 4.90 Å². The van der Waals surface area contributed by atoms with Crippen molar-refractivity contribution in [2.45, 2.75) is 80.0 Å². The Morgan fingerprint density at radius 1 is 1.11 bits per heavy atom. The average molecular weight is 385 g/mol.